The summed E-state index contributed by atoms with van der Waals surface area (Å²) in [5.74, 6) is 0.748. The predicted octanol–water partition coefficient (Wildman–Crippen LogP) is 0.996. The Morgan fingerprint density at radius 2 is 2.06 bits per heavy atom. The monoisotopic (exact) mass is 240 g/mol. The summed E-state index contributed by atoms with van der Waals surface area (Å²) in [5.41, 5.74) is -0.0540. The quantitative estimate of drug-likeness (QED) is 0.773. The summed E-state index contributed by atoms with van der Waals surface area (Å²) >= 11 is 0. The van der Waals surface area contributed by atoms with Gasteiger partial charge in [-0.05, 0) is 25.7 Å². The first-order valence-corrected chi connectivity index (χ1v) is 6.32. The molecule has 1 atom stereocenters. The van der Waals surface area contributed by atoms with Crippen molar-refractivity contribution in [3.63, 3.8) is 0 Å². The van der Waals surface area contributed by atoms with E-state index < -0.39 is 0 Å². The molecule has 0 bridgehead atoms. The van der Waals surface area contributed by atoms with Crippen LogP contribution in [0.3, 0.4) is 0 Å². The van der Waals surface area contributed by atoms with Crippen molar-refractivity contribution in [2.24, 2.45) is 13.0 Å². The van der Waals surface area contributed by atoms with Crippen LogP contribution < -0.4 is 11.0 Å². The summed E-state index contributed by atoms with van der Waals surface area (Å²) < 4.78 is 2.98. The molecule has 98 valence electrons. The fourth-order valence-corrected chi connectivity index (χ4v) is 1.68. The van der Waals surface area contributed by atoms with Crippen molar-refractivity contribution < 1.29 is 0 Å². The number of nitrogens with one attached hydrogen (secondary N) is 1. The van der Waals surface area contributed by atoms with Crippen LogP contribution in [-0.2, 0) is 13.6 Å². The molecule has 0 aliphatic rings. The van der Waals surface area contributed by atoms with Gasteiger partial charge in [-0.15, -0.1) is 0 Å². The maximum absolute atomic E-state index is 11.5. The number of aryl methyl sites for hydroxylation is 1. The van der Waals surface area contributed by atoms with E-state index in [1.165, 1.54) is 22.1 Å². The van der Waals surface area contributed by atoms with E-state index in [0.29, 0.717) is 12.6 Å². The molecule has 1 unspecified atom stereocenters. The molecule has 5 heteroatoms. The van der Waals surface area contributed by atoms with Crippen molar-refractivity contribution in [2.45, 2.75) is 46.2 Å². The molecule has 0 spiro atoms. The standard InChI is InChI=1S/C12H24N4O/c1-10(2)5-6-11(3)13-7-8-16-12(17)15(4)9-14-16/h9-11,13H,5-8H2,1-4H3. The average molecular weight is 240 g/mol. The second kappa shape index (κ2) is 6.59. The summed E-state index contributed by atoms with van der Waals surface area (Å²) in [7, 11) is 1.71. The van der Waals surface area contributed by atoms with Crippen LogP contribution in [0, 0.1) is 5.92 Å². The maximum Gasteiger partial charge on any atom is 0.345 e. The fourth-order valence-electron chi connectivity index (χ4n) is 1.68. The van der Waals surface area contributed by atoms with Gasteiger partial charge in [0, 0.05) is 19.6 Å². The van der Waals surface area contributed by atoms with Crippen molar-refractivity contribution in [2.75, 3.05) is 6.54 Å². The second-order valence-corrected chi connectivity index (χ2v) is 5.07. The Morgan fingerprint density at radius 1 is 1.35 bits per heavy atom. The molecule has 1 aromatic rings. The third-order valence-corrected chi connectivity index (χ3v) is 2.88. The van der Waals surface area contributed by atoms with Crippen LogP contribution in [0.1, 0.15) is 33.6 Å². The molecule has 1 N–H and O–H groups in total. The molecule has 0 amide bonds. The normalized spacial score (nSPS) is 13.2. The number of nitrogens with zero attached hydrogens (tertiary/aromatic N) is 3. The van der Waals surface area contributed by atoms with Crippen molar-refractivity contribution in [3.05, 3.63) is 16.8 Å². The third-order valence-electron chi connectivity index (χ3n) is 2.88. The first kappa shape index (κ1) is 14.0. The van der Waals surface area contributed by atoms with E-state index in [0.717, 1.165) is 12.5 Å². The minimum Gasteiger partial charge on any atom is -0.312 e. The Kier molecular flexibility index (Phi) is 5.41. The molecular formula is C12H24N4O. The van der Waals surface area contributed by atoms with Gasteiger partial charge in [0.25, 0.3) is 0 Å². The van der Waals surface area contributed by atoms with Crippen molar-refractivity contribution in [1.29, 1.82) is 0 Å². The summed E-state index contributed by atoms with van der Waals surface area (Å²) in [6.07, 6.45) is 3.96. The van der Waals surface area contributed by atoms with Gasteiger partial charge in [-0.3, -0.25) is 4.57 Å². The molecule has 0 radical (unpaired) electrons. The highest BCUT2D eigenvalue weighted by molar-refractivity contribution is 4.67. The Labute approximate surface area is 103 Å². The second-order valence-electron chi connectivity index (χ2n) is 5.07. The molecule has 1 heterocycles. The molecule has 1 rings (SSSR count). The van der Waals surface area contributed by atoms with E-state index in [2.05, 4.69) is 31.2 Å². The van der Waals surface area contributed by atoms with E-state index in [1.54, 1.807) is 13.4 Å². The molecule has 17 heavy (non-hydrogen) atoms. The van der Waals surface area contributed by atoms with Crippen LogP contribution >= 0.6 is 0 Å². The Balaban J connectivity index is 2.24. The lowest BCUT2D eigenvalue weighted by Gasteiger charge is -2.14. The third kappa shape index (κ3) is 4.73. The van der Waals surface area contributed by atoms with Gasteiger partial charge in [0.05, 0.1) is 6.54 Å². The average Bonchev–Trinajstić information content (AvgIpc) is 2.58. The number of hydrogen-bond acceptors (Lipinski definition) is 3. The van der Waals surface area contributed by atoms with Gasteiger partial charge >= 0.3 is 5.69 Å². The van der Waals surface area contributed by atoms with Gasteiger partial charge in [0.1, 0.15) is 6.33 Å². The van der Waals surface area contributed by atoms with E-state index in [1.807, 2.05) is 0 Å². The number of rotatable bonds is 7. The smallest absolute Gasteiger partial charge is 0.312 e. The molecule has 0 aliphatic carbocycles. The van der Waals surface area contributed by atoms with E-state index in [4.69, 9.17) is 0 Å². The van der Waals surface area contributed by atoms with E-state index >= 15 is 0 Å². The summed E-state index contributed by atoms with van der Waals surface area (Å²) in [6.45, 7) is 8.08. The molecule has 0 aliphatic heterocycles. The Bertz CT molecular complexity index is 380. The van der Waals surface area contributed by atoms with Crippen LogP contribution in [0.2, 0.25) is 0 Å². The van der Waals surface area contributed by atoms with E-state index in [-0.39, 0.29) is 5.69 Å². The molecule has 1 aromatic heterocycles. The highest BCUT2D eigenvalue weighted by atomic mass is 16.2. The zero-order chi connectivity index (χ0) is 12.8. The number of hydrogen-bond donors (Lipinski definition) is 1. The zero-order valence-electron chi connectivity index (χ0n) is 11.3. The largest absolute Gasteiger partial charge is 0.345 e. The fraction of sp³-hybridized carbons (Fsp3) is 0.833. The first-order valence-electron chi connectivity index (χ1n) is 6.32. The van der Waals surface area contributed by atoms with Crippen molar-refractivity contribution in [3.8, 4) is 0 Å². The van der Waals surface area contributed by atoms with Crippen molar-refractivity contribution >= 4 is 0 Å². The first-order chi connectivity index (χ1) is 8.00. The number of aromatic nitrogens is 3. The minimum absolute atomic E-state index is 0.0540. The molecular weight excluding hydrogens is 216 g/mol. The Hall–Kier alpha value is -1.10. The molecule has 0 saturated carbocycles. The Morgan fingerprint density at radius 3 is 2.59 bits per heavy atom. The molecule has 0 fully saturated rings. The van der Waals surface area contributed by atoms with Gasteiger partial charge in [-0.1, -0.05) is 13.8 Å². The van der Waals surface area contributed by atoms with Crippen molar-refractivity contribution in [1.82, 2.24) is 19.7 Å². The lowest BCUT2D eigenvalue weighted by atomic mass is 10.0. The van der Waals surface area contributed by atoms with Gasteiger partial charge < -0.3 is 5.32 Å². The van der Waals surface area contributed by atoms with Crippen LogP contribution in [0.25, 0.3) is 0 Å². The summed E-state index contributed by atoms with van der Waals surface area (Å²) in [5, 5.41) is 7.43. The topological polar surface area (TPSA) is 51.9 Å². The maximum atomic E-state index is 11.5. The highest BCUT2D eigenvalue weighted by Gasteiger charge is 2.04. The molecule has 0 aromatic carbocycles. The SMILES string of the molecule is CC(C)CCC(C)NCCn1ncn(C)c1=O. The molecule has 5 nitrogen and oxygen atoms in total. The van der Waals surface area contributed by atoms with Crippen LogP contribution in [0.5, 0.6) is 0 Å². The molecule has 0 saturated heterocycles. The van der Waals surface area contributed by atoms with Crippen LogP contribution in [0.15, 0.2) is 11.1 Å². The minimum atomic E-state index is -0.0540. The van der Waals surface area contributed by atoms with Gasteiger partial charge in [0.15, 0.2) is 0 Å². The van der Waals surface area contributed by atoms with E-state index in [9.17, 15) is 4.79 Å². The lowest BCUT2D eigenvalue weighted by Crippen LogP contribution is -2.33. The van der Waals surface area contributed by atoms with Gasteiger partial charge in [-0.2, -0.15) is 5.10 Å². The predicted molar refractivity (Wildman–Crippen MR) is 69.0 cm³/mol. The summed E-state index contributed by atoms with van der Waals surface area (Å²) in [4.78, 5) is 11.5. The van der Waals surface area contributed by atoms with Gasteiger partial charge in [-0.25, -0.2) is 9.48 Å². The highest BCUT2D eigenvalue weighted by Crippen LogP contribution is 2.05. The van der Waals surface area contributed by atoms with Crippen LogP contribution in [-0.4, -0.2) is 26.9 Å². The summed E-state index contributed by atoms with van der Waals surface area (Å²) in [6, 6.07) is 0.497. The van der Waals surface area contributed by atoms with Crippen LogP contribution in [0.4, 0.5) is 0 Å². The zero-order valence-corrected chi connectivity index (χ0v) is 11.3. The lowest BCUT2D eigenvalue weighted by molar-refractivity contribution is 0.431. The van der Waals surface area contributed by atoms with Gasteiger partial charge in [0.2, 0.25) is 0 Å².